The maximum absolute atomic E-state index is 12.9. The zero-order valence-corrected chi connectivity index (χ0v) is 14.6. The smallest absolute Gasteiger partial charge is 0.339 e. The Balaban J connectivity index is 1.99. The van der Waals surface area contributed by atoms with Gasteiger partial charge in [0.2, 0.25) is 0 Å². The lowest BCUT2D eigenvalue weighted by molar-refractivity contribution is 0.0599. The molecule has 1 aromatic carbocycles. The summed E-state index contributed by atoms with van der Waals surface area (Å²) in [6.07, 6.45) is 0. The van der Waals surface area contributed by atoms with Gasteiger partial charge in [-0.25, -0.2) is 9.18 Å². The first kappa shape index (κ1) is 18.5. The number of halogens is 1. The Morgan fingerprint density at radius 3 is 2.48 bits per heavy atom. The van der Waals surface area contributed by atoms with E-state index in [0.29, 0.717) is 28.3 Å². The Kier molecular flexibility index (Phi) is 5.80. The maximum atomic E-state index is 12.9. The Morgan fingerprint density at radius 2 is 1.88 bits per heavy atom. The number of ether oxygens (including phenoxy) is 2. The summed E-state index contributed by atoms with van der Waals surface area (Å²) in [5.74, 6) is -0.654. The van der Waals surface area contributed by atoms with E-state index in [2.05, 4.69) is 10.3 Å². The molecular weight excluding hydrogens is 327 g/mol. The SMILES string of the molecule is COC(=O)c1c(C)[nH]c(C(=O)NC(C)COc2ccc(F)cc2)c1C. The lowest BCUT2D eigenvalue weighted by atomic mass is 10.1. The summed E-state index contributed by atoms with van der Waals surface area (Å²) in [7, 11) is 1.29. The number of carbonyl (C=O) groups is 2. The number of hydrogen-bond donors (Lipinski definition) is 2. The molecule has 0 aliphatic carbocycles. The van der Waals surface area contributed by atoms with Gasteiger partial charge < -0.3 is 19.8 Å². The molecule has 1 atom stereocenters. The normalized spacial score (nSPS) is 11.7. The van der Waals surface area contributed by atoms with E-state index in [4.69, 9.17) is 9.47 Å². The number of H-pyrrole nitrogens is 1. The van der Waals surface area contributed by atoms with Crippen molar-refractivity contribution in [1.29, 1.82) is 0 Å². The van der Waals surface area contributed by atoms with Crippen LogP contribution < -0.4 is 10.1 Å². The van der Waals surface area contributed by atoms with E-state index in [1.807, 2.05) is 0 Å². The monoisotopic (exact) mass is 348 g/mol. The number of benzene rings is 1. The van der Waals surface area contributed by atoms with Crippen molar-refractivity contribution >= 4 is 11.9 Å². The molecule has 2 rings (SSSR count). The minimum Gasteiger partial charge on any atom is -0.491 e. The van der Waals surface area contributed by atoms with Crippen LogP contribution in [-0.2, 0) is 4.74 Å². The van der Waals surface area contributed by atoms with Gasteiger partial charge in [-0.2, -0.15) is 0 Å². The second kappa shape index (κ2) is 7.83. The molecule has 0 radical (unpaired) electrons. The van der Waals surface area contributed by atoms with Crippen LogP contribution in [0.3, 0.4) is 0 Å². The van der Waals surface area contributed by atoms with Crippen molar-refractivity contribution in [3.8, 4) is 5.75 Å². The Morgan fingerprint density at radius 1 is 1.24 bits per heavy atom. The van der Waals surface area contributed by atoms with Crippen molar-refractivity contribution in [3.63, 3.8) is 0 Å². The quantitative estimate of drug-likeness (QED) is 0.787. The highest BCUT2D eigenvalue weighted by molar-refractivity contribution is 6.00. The summed E-state index contributed by atoms with van der Waals surface area (Å²) in [4.78, 5) is 27.1. The van der Waals surface area contributed by atoms with E-state index >= 15 is 0 Å². The lowest BCUT2D eigenvalue weighted by Crippen LogP contribution is -2.37. The van der Waals surface area contributed by atoms with Crippen LogP contribution in [0.1, 0.15) is 39.0 Å². The number of aromatic amines is 1. The van der Waals surface area contributed by atoms with Crippen molar-refractivity contribution < 1.29 is 23.5 Å². The van der Waals surface area contributed by atoms with Crippen LogP contribution in [-0.4, -0.2) is 36.6 Å². The predicted octanol–water partition coefficient (Wildman–Crippen LogP) is 2.75. The molecule has 0 aliphatic rings. The first-order valence-electron chi connectivity index (χ1n) is 7.80. The third-order valence-electron chi connectivity index (χ3n) is 3.75. The number of aromatic nitrogens is 1. The van der Waals surface area contributed by atoms with Gasteiger partial charge in [-0.3, -0.25) is 4.79 Å². The summed E-state index contributed by atoms with van der Waals surface area (Å²) < 4.78 is 23.1. The zero-order chi connectivity index (χ0) is 18.6. The minimum atomic E-state index is -0.488. The zero-order valence-electron chi connectivity index (χ0n) is 14.6. The molecule has 7 heteroatoms. The molecular formula is C18H21FN2O4. The molecule has 25 heavy (non-hydrogen) atoms. The molecule has 2 aromatic rings. The van der Waals surface area contributed by atoms with Gasteiger partial charge in [0.1, 0.15) is 23.9 Å². The van der Waals surface area contributed by atoms with Gasteiger partial charge in [0.05, 0.1) is 18.7 Å². The first-order valence-corrected chi connectivity index (χ1v) is 7.80. The minimum absolute atomic E-state index is 0.222. The summed E-state index contributed by atoms with van der Waals surface area (Å²) >= 11 is 0. The fourth-order valence-corrected chi connectivity index (χ4v) is 2.47. The molecule has 0 fully saturated rings. The van der Waals surface area contributed by atoms with Crippen LogP contribution in [0, 0.1) is 19.7 Å². The van der Waals surface area contributed by atoms with Crippen LogP contribution in [0.25, 0.3) is 0 Å². The molecule has 1 unspecified atom stereocenters. The van der Waals surface area contributed by atoms with E-state index in [-0.39, 0.29) is 24.4 Å². The van der Waals surface area contributed by atoms with E-state index in [1.54, 1.807) is 20.8 Å². The van der Waals surface area contributed by atoms with Crippen molar-refractivity contribution in [2.45, 2.75) is 26.8 Å². The van der Waals surface area contributed by atoms with Crippen molar-refractivity contribution in [3.05, 3.63) is 52.6 Å². The van der Waals surface area contributed by atoms with Gasteiger partial charge in [-0.1, -0.05) is 0 Å². The number of amides is 1. The van der Waals surface area contributed by atoms with Crippen molar-refractivity contribution in [2.75, 3.05) is 13.7 Å². The highest BCUT2D eigenvalue weighted by atomic mass is 19.1. The lowest BCUT2D eigenvalue weighted by Gasteiger charge is -2.15. The predicted molar refractivity (Wildman–Crippen MR) is 90.4 cm³/mol. The van der Waals surface area contributed by atoms with Crippen molar-refractivity contribution in [1.82, 2.24) is 10.3 Å². The average Bonchev–Trinajstić information content (AvgIpc) is 2.88. The largest absolute Gasteiger partial charge is 0.491 e. The molecule has 1 heterocycles. The van der Waals surface area contributed by atoms with Crippen LogP contribution >= 0.6 is 0 Å². The molecule has 2 N–H and O–H groups in total. The number of hydrogen-bond acceptors (Lipinski definition) is 4. The second-order valence-corrected chi connectivity index (χ2v) is 5.76. The molecule has 0 saturated carbocycles. The molecule has 1 amide bonds. The average molecular weight is 348 g/mol. The molecule has 1 aromatic heterocycles. The highest BCUT2D eigenvalue weighted by Crippen LogP contribution is 2.19. The first-order chi connectivity index (χ1) is 11.8. The highest BCUT2D eigenvalue weighted by Gasteiger charge is 2.23. The van der Waals surface area contributed by atoms with Gasteiger partial charge in [-0.05, 0) is 50.6 Å². The van der Waals surface area contributed by atoms with Crippen LogP contribution in [0.5, 0.6) is 5.75 Å². The van der Waals surface area contributed by atoms with Gasteiger partial charge >= 0.3 is 5.97 Å². The molecule has 0 spiro atoms. The van der Waals surface area contributed by atoms with E-state index in [1.165, 1.54) is 31.4 Å². The summed E-state index contributed by atoms with van der Waals surface area (Å²) in [6, 6.07) is 5.36. The van der Waals surface area contributed by atoms with Crippen LogP contribution in [0.2, 0.25) is 0 Å². The second-order valence-electron chi connectivity index (χ2n) is 5.76. The summed E-state index contributed by atoms with van der Waals surface area (Å²) in [6.45, 7) is 5.40. The summed E-state index contributed by atoms with van der Waals surface area (Å²) in [5, 5.41) is 2.79. The maximum Gasteiger partial charge on any atom is 0.339 e. The molecule has 134 valence electrons. The molecule has 0 aliphatic heterocycles. The van der Waals surface area contributed by atoms with E-state index in [9.17, 15) is 14.0 Å². The van der Waals surface area contributed by atoms with E-state index in [0.717, 1.165) is 0 Å². The van der Waals surface area contributed by atoms with Gasteiger partial charge in [0, 0.05) is 5.69 Å². The van der Waals surface area contributed by atoms with Gasteiger partial charge in [0.25, 0.3) is 5.91 Å². The number of methoxy groups -OCH3 is 1. The third-order valence-corrected chi connectivity index (χ3v) is 3.75. The third kappa shape index (κ3) is 4.37. The summed E-state index contributed by atoms with van der Waals surface area (Å²) in [5.41, 5.74) is 1.78. The Bertz CT molecular complexity index is 768. The van der Waals surface area contributed by atoms with E-state index < -0.39 is 5.97 Å². The number of rotatable bonds is 6. The number of nitrogens with one attached hydrogen (secondary N) is 2. The molecule has 0 bridgehead atoms. The fraction of sp³-hybridized carbons (Fsp3) is 0.333. The molecule has 6 nitrogen and oxygen atoms in total. The van der Waals surface area contributed by atoms with Gasteiger partial charge in [0.15, 0.2) is 0 Å². The number of esters is 1. The van der Waals surface area contributed by atoms with Crippen LogP contribution in [0.4, 0.5) is 4.39 Å². The standard InChI is InChI=1S/C18H21FN2O4/c1-10(9-25-14-7-5-13(19)6-8-14)20-17(22)16-11(2)15(12(3)21-16)18(23)24-4/h5-8,10,21H,9H2,1-4H3,(H,20,22). The fourth-order valence-electron chi connectivity index (χ4n) is 2.47. The Hall–Kier alpha value is -2.83. The number of aryl methyl sites for hydroxylation is 1. The number of carbonyl (C=O) groups excluding carboxylic acids is 2. The topological polar surface area (TPSA) is 80.4 Å². The van der Waals surface area contributed by atoms with Crippen molar-refractivity contribution in [2.24, 2.45) is 0 Å². The van der Waals surface area contributed by atoms with Crippen LogP contribution in [0.15, 0.2) is 24.3 Å². The molecule has 0 saturated heterocycles. The Labute approximate surface area is 145 Å². The van der Waals surface area contributed by atoms with Gasteiger partial charge in [-0.15, -0.1) is 0 Å².